The van der Waals surface area contributed by atoms with Gasteiger partial charge in [-0.1, -0.05) is 158 Å². The molecular weight excluding hydrogens is 797 g/mol. The molecule has 12 aromatic rings. The SMILES string of the molecule is c1ccc2c(c1)Cc1cc(-c3nc(-c4cccc5c4sc4ccccc45)nc(-n4c5ccccc5c5cc6c(cc54)C4(c5ccccc5-c5ccccc54)c4ccccc4-6)n3)ccc1-2. The van der Waals surface area contributed by atoms with Crippen LogP contribution in [0.5, 0.6) is 0 Å². The van der Waals surface area contributed by atoms with E-state index < -0.39 is 5.41 Å². The summed E-state index contributed by atoms with van der Waals surface area (Å²) >= 11 is 1.80. The Morgan fingerprint density at radius 3 is 1.80 bits per heavy atom. The Kier molecular flexibility index (Phi) is 6.79. The fourth-order valence-electron chi connectivity index (χ4n) is 11.7. The first-order valence-corrected chi connectivity index (χ1v) is 22.8. The van der Waals surface area contributed by atoms with E-state index in [1.54, 1.807) is 11.3 Å². The van der Waals surface area contributed by atoms with Gasteiger partial charge in [-0.15, -0.1) is 11.3 Å². The average molecular weight is 831 g/mol. The molecule has 3 heterocycles. The molecule has 0 saturated carbocycles. The summed E-state index contributed by atoms with van der Waals surface area (Å²) in [6.45, 7) is 0. The summed E-state index contributed by atoms with van der Waals surface area (Å²) in [6.07, 6.45) is 0.889. The highest BCUT2D eigenvalue weighted by Crippen LogP contribution is 2.63. The van der Waals surface area contributed by atoms with Crippen LogP contribution in [0.15, 0.2) is 194 Å². The van der Waals surface area contributed by atoms with Crippen molar-refractivity contribution in [1.82, 2.24) is 19.5 Å². The normalized spacial score (nSPS) is 13.7. The molecule has 3 aliphatic carbocycles. The van der Waals surface area contributed by atoms with Crippen LogP contribution in [-0.2, 0) is 11.8 Å². The monoisotopic (exact) mass is 830 g/mol. The van der Waals surface area contributed by atoms with Crippen molar-refractivity contribution in [1.29, 1.82) is 0 Å². The van der Waals surface area contributed by atoms with Gasteiger partial charge in [0.1, 0.15) is 0 Å². The van der Waals surface area contributed by atoms with Crippen LogP contribution >= 0.6 is 11.3 Å². The summed E-state index contributed by atoms with van der Waals surface area (Å²) in [5.41, 5.74) is 19.3. The van der Waals surface area contributed by atoms with Gasteiger partial charge in [-0.05, 0) is 110 Å². The van der Waals surface area contributed by atoms with Crippen molar-refractivity contribution in [3.05, 3.63) is 228 Å². The Morgan fingerprint density at radius 1 is 0.391 bits per heavy atom. The van der Waals surface area contributed by atoms with Gasteiger partial charge in [-0.3, -0.25) is 4.57 Å². The maximum Gasteiger partial charge on any atom is 0.238 e. The van der Waals surface area contributed by atoms with Crippen molar-refractivity contribution in [2.24, 2.45) is 0 Å². The summed E-state index contributed by atoms with van der Waals surface area (Å²) in [5.74, 6) is 1.92. The second-order valence-electron chi connectivity index (χ2n) is 17.4. The van der Waals surface area contributed by atoms with E-state index in [0.717, 1.165) is 34.0 Å². The Morgan fingerprint density at radius 2 is 1.00 bits per heavy atom. The lowest BCUT2D eigenvalue weighted by atomic mass is 9.70. The molecule has 0 unspecified atom stereocenters. The van der Waals surface area contributed by atoms with Crippen molar-refractivity contribution < 1.29 is 0 Å². The smallest absolute Gasteiger partial charge is 0.238 e. The van der Waals surface area contributed by atoms with Crippen LogP contribution in [0.2, 0.25) is 0 Å². The van der Waals surface area contributed by atoms with Crippen molar-refractivity contribution >= 4 is 53.3 Å². The van der Waals surface area contributed by atoms with Gasteiger partial charge in [0.25, 0.3) is 0 Å². The molecule has 0 fully saturated rings. The minimum absolute atomic E-state index is 0.483. The number of nitrogens with zero attached hydrogens (tertiary/aromatic N) is 4. The molecular formula is C59H34N4S. The molecule has 0 N–H and O–H groups in total. The quantitative estimate of drug-likeness (QED) is 0.178. The minimum Gasteiger partial charge on any atom is -0.278 e. The predicted octanol–water partition coefficient (Wildman–Crippen LogP) is 14.6. The lowest BCUT2D eigenvalue weighted by molar-refractivity contribution is 0.794. The molecule has 64 heavy (non-hydrogen) atoms. The lowest BCUT2D eigenvalue weighted by Crippen LogP contribution is -2.25. The second-order valence-corrected chi connectivity index (χ2v) is 18.5. The number of aromatic nitrogens is 4. The number of fused-ring (bicyclic) bond motifs is 19. The first kappa shape index (κ1) is 34.6. The zero-order chi connectivity index (χ0) is 41.7. The van der Waals surface area contributed by atoms with Gasteiger partial charge >= 0.3 is 0 Å². The molecule has 0 radical (unpaired) electrons. The van der Waals surface area contributed by atoms with E-state index in [1.807, 2.05) is 0 Å². The lowest BCUT2D eigenvalue weighted by Gasteiger charge is -2.30. The summed E-state index contributed by atoms with van der Waals surface area (Å²) in [4.78, 5) is 16.4. The molecule has 0 saturated heterocycles. The van der Waals surface area contributed by atoms with Gasteiger partial charge in [0.2, 0.25) is 5.95 Å². The maximum atomic E-state index is 5.54. The fraction of sp³-hybridized carbons (Fsp3) is 0.0339. The number of hydrogen-bond acceptors (Lipinski definition) is 4. The molecule has 3 aromatic heterocycles. The first-order valence-electron chi connectivity index (χ1n) is 22.0. The summed E-state index contributed by atoms with van der Waals surface area (Å²) in [5, 5.41) is 4.80. The van der Waals surface area contributed by atoms with Gasteiger partial charge in [-0.2, -0.15) is 9.97 Å². The summed E-state index contributed by atoms with van der Waals surface area (Å²) < 4.78 is 4.73. The third-order valence-corrected chi connectivity index (χ3v) is 15.5. The molecule has 0 bridgehead atoms. The van der Waals surface area contributed by atoms with E-state index in [0.29, 0.717) is 17.6 Å². The van der Waals surface area contributed by atoms with Crippen LogP contribution in [-0.4, -0.2) is 19.5 Å². The first-order chi connectivity index (χ1) is 31.7. The standard InChI is InChI=1S/C59H34N4S/c1-2-15-37-34(14-1)30-36-31-35(28-29-38(36)37)56-60-57(45-22-13-21-44-43-20-7-12-27-54(43)64-55(44)45)62-58(61-56)63-52-26-11-6-19-42(52)47-32-46-41-18-5-10-25-50(41)59(51(46)33-53(47)63)48-23-8-3-16-39(48)40-17-4-9-24-49(40)59/h1-29,31-33H,30H2. The van der Waals surface area contributed by atoms with Gasteiger partial charge in [0.05, 0.1) is 16.4 Å². The van der Waals surface area contributed by atoms with Gasteiger partial charge < -0.3 is 0 Å². The van der Waals surface area contributed by atoms with Crippen LogP contribution in [0, 0.1) is 0 Å². The molecule has 0 amide bonds. The molecule has 4 nitrogen and oxygen atoms in total. The molecule has 9 aromatic carbocycles. The number of para-hydroxylation sites is 1. The zero-order valence-electron chi connectivity index (χ0n) is 34.4. The topological polar surface area (TPSA) is 43.6 Å². The third kappa shape index (κ3) is 4.43. The molecule has 296 valence electrons. The minimum atomic E-state index is -0.483. The highest BCUT2D eigenvalue weighted by Gasteiger charge is 2.51. The van der Waals surface area contributed by atoms with Gasteiger partial charge in [0.15, 0.2) is 11.6 Å². The van der Waals surface area contributed by atoms with Crippen molar-refractivity contribution in [2.45, 2.75) is 11.8 Å². The second kappa shape index (κ2) is 12.6. The summed E-state index contributed by atoms with van der Waals surface area (Å²) in [7, 11) is 0. The predicted molar refractivity (Wildman–Crippen MR) is 262 cm³/mol. The van der Waals surface area contributed by atoms with Crippen molar-refractivity contribution in [2.75, 3.05) is 0 Å². The van der Waals surface area contributed by atoms with Crippen LogP contribution in [0.4, 0.5) is 0 Å². The average Bonchev–Trinajstić information content (AvgIpc) is 4.15. The molecule has 0 aliphatic heterocycles. The molecule has 5 heteroatoms. The molecule has 3 aliphatic rings. The number of thiophene rings is 1. The number of benzene rings is 9. The van der Waals surface area contributed by atoms with Crippen LogP contribution in [0.3, 0.4) is 0 Å². The highest BCUT2D eigenvalue weighted by atomic mass is 32.1. The van der Waals surface area contributed by atoms with Crippen LogP contribution in [0.25, 0.3) is 104 Å². The highest BCUT2D eigenvalue weighted by molar-refractivity contribution is 7.26. The maximum absolute atomic E-state index is 5.54. The van der Waals surface area contributed by atoms with Crippen molar-refractivity contribution in [3.8, 4) is 62.1 Å². The molecule has 15 rings (SSSR count). The van der Waals surface area contributed by atoms with E-state index in [9.17, 15) is 0 Å². The molecule has 0 atom stereocenters. The Hall–Kier alpha value is -7.99. The Labute approximate surface area is 372 Å². The van der Waals surface area contributed by atoms with E-state index in [4.69, 9.17) is 15.0 Å². The largest absolute Gasteiger partial charge is 0.278 e. The summed E-state index contributed by atoms with van der Waals surface area (Å²) in [6, 6.07) is 71.4. The Balaban J connectivity index is 1.03. The molecule has 1 spiro atoms. The van der Waals surface area contributed by atoms with Gasteiger partial charge in [-0.25, -0.2) is 4.98 Å². The number of hydrogen-bond donors (Lipinski definition) is 0. The van der Waals surface area contributed by atoms with Crippen molar-refractivity contribution in [3.63, 3.8) is 0 Å². The van der Waals surface area contributed by atoms with E-state index in [1.165, 1.54) is 92.3 Å². The third-order valence-electron chi connectivity index (χ3n) is 14.3. The van der Waals surface area contributed by atoms with E-state index in [-0.39, 0.29) is 0 Å². The zero-order valence-corrected chi connectivity index (χ0v) is 35.2. The van der Waals surface area contributed by atoms with E-state index in [2.05, 4.69) is 199 Å². The van der Waals surface area contributed by atoms with Gasteiger partial charge in [0, 0.05) is 42.1 Å². The van der Waals surface area contributed by atoms with Crippen LogP contribution in [0.1, 0.15) is 33.4 Å². The van der Waals surface area contributed by atoms with E-state index >= 15 is 0 Å². The van der Waals surface area contributed by atoms with Crippen LogP contribution < -0.4 is 0 Å². The Bertz CT molecular complexity index is 3970. The fourth-order valence-corrected chi connectivity index (χ4v) is 12.9. The number of rotatable bonds is 3.